The Kier molecular flexibility index (Phi) is 4.73. The van der Waals surface area contributed by atoms with Crippen molar-refractivity contribution < 1.29 is 5.11 Å². The number of pyridine rings is 1. The average Bonchev–Trinajstić information content (AvgIpc) is 2.59. The van der Waals surface area contributed by atoms with Crippen molar-refractivity contribution in [3.63, 3.8) is 0 Å². The van der Waals surface area contributed by atoms with Gasteiger partial charge in [0.15, 0.2) is 0 Å². The van der Waals surface area contributed by atoms with Crippen LogP contribution in [0, 0.1) is 0 Å². The maximum atomic E-state index is 9.20. The largest absolute Gasteiger partial charge is 0.396 e. The second-order valence-corrected chi connectivity index (χ2v) is 6.30. The first kappa shape index (κ1) is 15.7. The first-order valence-corrected chi connectivity index (χ1v) is 8.29. The van der Waals surface area contributed by atoms with Crippen LogP contribution < -0.4 is 0 Å². The van der Waals surface area contributed by atoms with E-state index in [1.165, 1.54) is 16.5 Å². The number of aromatic nitrogens is 1. The van der Waals surface area contributed by atoms with Crippen LogP contribution in [0.25, 0.3) is 22.2 Å². The number of aliphatic hydroxyl groups is 1. The molecule has 0 saturated heterocycles. The average molecular weight is 305 g/mol. The maximum Gasteiger partial charge on any atom is 0.0741 e. The first-order chi connectivity index (χ1) is 11.2. The zero-order valence-electron chi connectivity index (χ0n) is 13.8. The molecule has 2 aromatic carbocycles. The lowest BCUT2D eigenvalue weighted by molar-refractivity contribution is 0.288. The second kappa shape index (κ2) is 6.93. The molecule has 0 unspecified atom stereocenters. The lowest BCUT2D eigenvalue weighted by Gasteiger charge is -2.12. The van der Waals surface area contributed by atoms with Crippen LogP contribution in [0.1, 0.15) is 37.3 Å². The van der Waals surface area contributed by atoms with E-state index in [0.29, 0.717) is 5.92 Å². The fourth-order valence-electron chi connectivity index (χ4n) is 2.90. The Balaban J connectivity index is 2.15. The third-order valence-corrected chi connectivity index (χ3v) is 4.24. The first-order valence-electron chi connectivity index (χ1n) is 8.29. The maximum absolute atomic E-state index is 9.20. The summed E-state index contributed by atoms with van der Waals surface area (Å²) in [5.41, 5.74) is 5.73. The zero-order valence-corrected chi connectivity index (χ0v) is 13.8. The van der Waals surface area contributed by atoms with Crippen molar-refractivity contribution in [2.75, 3.05) is 6.61 Å². The van der Waals surface area contributed by atoms with Gasteiger partial charge in [-0.3, -0.25) is 0 Å². The Morgan fingerprint density at radius 1 is 1.00 bits per heavy atom. The van der Waals surface area contributed by atoms with E-state index in [1.807, 2.05) is 18.2 Å². The van der Waals surface area contributed by atoms with Crippen LogP contribution in [0.15, 0.2) is 54.6 Å². The molecular formula is C21H23NO. The highest BCUT2D eigenvalue weighted by Gasteiger charge is 2.10. The van der Waals surface area contributed by atoms with Crippen molar-refractivity contribution in [1.82, 2.24) is 4.98 Å². The Labute approximate surface area is 137 Å². The summed E-state index contributed by atoms with van der Waals surface area (Å²) >= 11 is 0. The fraction of sp³-hybridized carbons (Fsp3) is 0.286. The summed E-state index contributed by atoms with van der Waals surface area (Å²) in [5.74, 6) is 0.508. The van der Waals surface area contributed by atoms with Gasteiger partial charge in [0.1, 0.15) is 0 Å². The molecule has 0 amide bonds. The van der Waals surface area contributed by atoms with Gasteiger partial charge in [-0.15, -0.1) is 0 Å². The van der Waals surface area contributed by atoms with E-state index in [9.17, 15) is 5.11 Å². The van der Waals surface area contributed by atoms with Crippen LogP contribution in [-0.2, 0) is 6.42 Å². The molecule has 0 saturated carbocycles. The molecule has 1 aromatic heterocycles. The summed E-state index contributed by atoms with van der Waals surface area (Å²) in [7, 11) is 0. The lowest BCUT2D eigenvalue weighted by atomic mass is 9.97. The van der Waals surface area contributed by atoms with E-state index in [1.54, 1.807) is 0 Å². The molecular weight excluding hydrogens is 282 g/mol. The molecule has 2 nitrogen and oxygen atoms in total. The van der Waals surface area contributed by atoms with Crippen molar-refractivity contribution in [1.29, 1.82) is 0 Å². The summed E-state index contributed by atoms with van der Waals surface area (Å²) in [6, 6.07) is 19.1. The lowest BCUT2D eigenvalue weighted by Crippen LogP contribution is -1.98. The third kappa shape index (κ3) is 3.43. The summed E-state index contributed by atoms with van der Waals surface area (Å²) < 4.78 is 0. The van der Waals surface area contributed by atoms with Crippen molar-refractivity contribution in [3.8, 4) is 11.3 Å². The fourth-order valence-corrected chi connectivity index (χ4v) is 2.90. The summed E-state index contributed by atoms with van der Waals surface area (Å²) in [5, 5.41) is 10.4. The molecule has 0 radical (unpaired) electrons. The standard InChI is InChI=1S/C21H23NO/c1-15(2)17-10-11-20-19(13-17)14-18(9-6-12-23)21(22-20)16-7-4-3-5-8-16/h3-5,7-8,10-11,13-15,23H,6,9,12H2,1-2H3. The van der Waals surface area contributed by atoms with E-state index in [4.69, 9.17) is 4.98 Å². The number of fused-ring (bicyclic) bond motifs is 1. The molecule has 0 bridgehead atoms. The minimum absolute atomic E-state index is 0.207. The van der Waals surface area contributed by atoms with Gasteiger partial charge >= 0.3 is 0 Å². The number of nitrogens with zero attached hydrogens (tertiary/aromatic N) is 1. The molecule has 0 aliphatic carbocycles. The number of benzene rings is 2. The highest BCUT2D eigenvalue weighted by molar-refractivity contribution is 5.84. The normalized spacial score (nSPS) is 11.3. The zero-order chi connectivity index (χ0) is 16.2. The van der Waals surface area contributed by atoms with Crippen LogP contribution >= 0.6 is 0 Å². The van der Waals surface area contributed by atoms with Crippen molar-refractivity contribution in [2.45, 2.75) is 32.6 Å². The quantitative estimate of drug-likeness (QED) is 0.723. The summed E-state index contributed by atoms with van der Waals surface area (Å²) in [6.07, 6.45) is 1.60. The Morgan fingerprint density at radius 2 is 1.78 bits per heavy atom. The predicted molar refractivity (Wildman–Crippen MR) is 96.7 cm³/mol. The number of hydrogen-bond acceptors (Lipinski definition) is 2. The molecule has 0 aliphatic heterocycles. The molecule has 1 N–H and O–H groups in total. The molecule has 118 valence electrons. The highest BCUT2D eigenvalue weighted by Crippen LogP contribution is 2.28. The summed E-state index contributed by atoms with van der Waals surface area (Å²) in [4.78, 5) is 4.92. The Hall–Kier alpha value is -2.19. The molecule has 0 atom stereocenters. The SMILES string of the molecule is CC(C)c1ccc2nc(-c3ccccc3)c(CCCO)cc2c1. The third-order valence-electron chi connectivity index (χ3n) is 4.24. The predicted octanol–water partition coefficient (Wildman–Crippen LogP) is 4.95. The monoisotopic (exact) mass is 305 g/mol. The van der Waals surface area contributed by atoms with Gasteiger partial charge in [0.25, 0.3) is 0 Å². The minimum atomic E-state index is 0.207. The van der Waals surface area contributed by atoms with E-state index in [2.05, 4.69) is 50.2 Å². The van der Waals surface area contributed by atoms with E-state index >= 15 is 0 Å². The second-order valence-electron chi connectivity index (χ2n) is 6.30. The number of rotatable bonds is 5. The molecule has 0 aliphatic rings. The van der Waals surface area contributed by atoms with Crippen molar-refractivity contribution in [2.24, 2.45) is 0 Å². The van der Waals surface area contributed by atoms with Crippen molar-refractivity contribution in [3.05, 3.63) is 65.7 Å². The topological polar surface area (TPSA) is 33.1 Å². The van der Waals surface area contributed by atoms with Crippen LogP contribution in [0.5, 0.6) is 0 Å². The van der Waals surface area contributed by atoms with Crippen molar-refractivity contribution >= 4 is 10.9 Å². The van der Waals surface area contributed by atoms with Gasteiger partial charge in [0, 0.05) is 17.6 Å². The molecule has 2 heteroatoms. The van der Waals surface area contributed by atoms with Gasteiger partial charge in [-0.05, 0) is 48.1 Å². The van der Waals surface area contributed by atoms with Gasteiger partial charge in [-0.1, -0.05) is 50.2 Å². The van der Waals surface area contributed by atoms with E-state index in [0.717, 1.165) is 29.6 Å². The number of hydrogen-bond donors (Lipinski definition) is 1. The summed E-state index contributed by atoms with van der Waals surface area (Å²) in [6.45, 7) is 4.62. The minimum Gasteiger partial charge on any atom is -0.396 e. The Morgan fingerprint density at radius 3 is 2.48 bits per heavy atom. The number of aliphatic hydroxyl groups excluding tert-OH is 1. The molecule has 3 aromatic rings. The molecule has 0 fully saturated rings. The van der Waals surface area contributed by atoms with Gasteiger partial charge in [0.05, 0.1) is 11.2 Å². The molecule has 0 spiro atoms. The van der Waals surface area contributed by atoms with Gasteiger partial charge in [-0.2, -0.15) is 0 Å². The van der Waals surface area contributed by atoms with E-state index in [-0.39, 0.29) is 6.61 Å². The van der Waals surface area contributed by atoms with Gasteiger partial charge in [-0.25, -0.2) is 4.98 Å². The van der Waals surface area contributed by atoms with E-state index < -0.39 is 0 Å². The van der Waals surface area contributed by atoms with Crippen LogP contribution in [-0.4, -0.2) is 16.7 Å². The highest BCUT2D eigenvalue weighted by atomic mass is 16.2. The van der Waals surface area contributed by atoms with Gasteiger partial charge < -0.3 is 5.11 Å². The molecule has 1 heterocycles. The molecule has 3 rings (SSSR count). The van der Waals surface area contributed by atoms with Crippen LogP contribution in [0.4, 0.5) is 0 Å². The smallest absolute Gasteiger partial charge is 0.0741 e. The van der Waals surface area contributed by atoms with Crippen LogP contribution in [0.3, 0.4) is 0 Å². The molecule has 23 heavy (non-hydrogen) atoms. The number of aryl methyl sites for hydroxylation is 1. The Bertz CT molecular complexity index is 794. The van der Waals surface area contributed by atoms with Crippen LogP contribution in [0.2, 0.25) is 0 Å². The van der Waals surface area contributed by atoms with Gasteiger partial charge in [0.2, 0.25) is 0 Å².